The van der Waals surface area contributed by atoms with Crippen molar-refractivity contribution in [3.63, 3.8) is 0 Å². The summed E-state index contributed by atoms with van der Waals surface area (Å²) < 4.78 is 0. The van der Waals surface area contributed by atoms with Crippen molar-refractivity contribution in [3.05, 3.63) is 119 Å². The van der Waals surface area contributed by atoms with Gasteiger partial charge in [-0.05, 0) is 93.8 Å². The summed E-state index contributed by atoms with van der Waals surface area (Å²) in [5, 5.41) is 16.5. The molecule has 0 radical (unpaired) electrons. The summed E-state index contributed by atoms with van der Waals surface area (Å²) in [6, 6.07) is 22.9. The van der Waals surface area contributed by atoms with E-state index in [0.717, 1.165) is 42.8 Å². The van der Waals surface area contributed by atoms with Gasteiger partial charge in [-0.25, -0.2) is 0 Å². The van der Waals surface area contributed by atoms with E-state index in [4.69, 9.17) is 11.6 Å². The van der Waals surface area contributed by atoms with Gasteiger partial charge in [-0.1, -0.05) is 65.7 Å². The van der Waals surface area contributed by atoms with Gasteiger partial charge in [0, 0.05) is 29.4 Å². The number of hydrogen-bond acceptors (Lipinski definition) is 4. The maximum Gasteiger partial charge on any atom is 0.175 e. The molecule has 0 amide bonds. The standard InChI is InChI=1S/C31H24ClN5/c32-25-4-1-5-26(18-25)37-35-31(34-36-37)16-20-6-11-27-23(15-20)10-13-29-28(27)12-9-21-7-8-22(17-30(21)29)24-3-2-14-33-19-24/h1-9,11-12,14,17-20H,10,13,15-16H2. The Morgan fingerprint density at radius 3 is 2.78 bits per heavy atom. The van der Waals surface area contributed by atoms with Crippen LogP contribution in [0, 0.1) is 5.92 Å². The smallest absolute Gasteiger partial charge is 0.175 e. The molecule has 3 aromatic carbocycles. The summed E-state index contributed by atoms with van der Waals surface area (Å²) in [4.78, 5) is 5.86. The first-order valence-corrected chi connectivity index (χ1v) is 13.0. The van der Waals surface area contributed by atoms with Crippen molar-refractivity contribution >= 4 is 27.9 Å². The average molecular weight is 502 g/mol. The van der Waals surface area contributed by atoms with Crippen molar-refractivity contribution in [2.24, 2.45) is 5.92 Å². The van der Waals surface area contributed by atoms with Crippen molar-refractivity contribution in [1.82, 2.24) is 25.2 Å². The van der Waals surface area contributed by atoms with Crippen LogP contribution >= 0.6 is 11.6 Å². The first-order chi connectivity index (χ1) is 18.2. The van der Waals surface area contributed by atoms with E-state index in [-0.39, 0.29) is 0 Å². The minimum Gasteiger partial charge on any atom is -0.264 e. The van der Waals surface area contributed by atoms with Gasteiger partial charge >= 0.3 is 0 Å². The molecule has 180 valence electrons. The molecule has 2 aliphatic carbocycles. The molecule has 5 aromatic rings. The van der Waals surface area contributed by atoms with Crippen molar-refractivity contribution < 1.29 is 0 Å². The van der Waals surface area contributed by atoms with E-state index in [9.17, 15) is 0 Å². The molecule has 0 saturated carbocycles. The molecular formula is C31H24ClN5. The number of benzene rings is 3. The van der Waals surface area contributed by atoms with Gasteiger partial charge in [-0.3, -0.25) is 4.98 Å². The summed E-state index contributed by atoms with van der Waals surface area (Å²) >= 11 is 6.12. The molecule has 0 aliphatic heterocycles. The quantitative estimate of drug-likeness (QED) is 0.265. The van der Waals surface area contributed by atoms with Gasteiger partial charge in [-0.2, -0.15) is 0 Å². The van der Waals surface area contributed by atoms with E-state index in [2.05, 4.69) is 68.9 Å². The van der Waals surface area contributed by atoms with Gasteiger partial charge in [0.2, 0.25) is 0 Å². The molecule has 1 unspecified atom stereocenters. The number of aromatic nitrogens is 5. The molecular weight excluding hydrogens is 478 g/mol. The second-order valence-corrected chi connectivity index (χ2v) is 10.2. The number of tetrazole rings is 1. The molecule has 0 spiro atoms. The van der Waals surface area contributed by atoms with Crippen molar-refractivity contribution in [2.45, 2.75) is 25.7 Å². The van der Waals surface area contributed by atoms with Crippen LogP contribution < -0.4 is 0 Å². The third-order valence-electron chi connectivity index (χ3n) is 7.46. The van der Waals surface area contributed by atoms with Crippen LogP contribution in [-0.4, -0.2) is 25.2 Å². The Labute approximate surface area is 220 Å². The van der Waals surface area contributed by atoms with Crippen LogP contribution in [0.3, 0.4) is 0 Å². The highest BCUT2D eigenvalue weighted by Crippen LogP contribution is 2.42. The first-order valence-electron chi connectivity index (χ1n) is 12.6. The first kappa shape index (κ1) is 22.1. The van der Waals surface area contributed by atoms with Crippen LogP contribution in [0.5, 0.6) is 0 Å². The maximum absolute atomic E-state index is 6.12. The highest BCUT2D eigenvalue weighted by Gasteiger charge is 2.25. The normalized spacial score (nSPS) is 16.6. The lowest BCUT2D eigenvalue weighted by Gasteiger charge is -2.28. The summed E-state index contributed by atoms with van der Waals surface area (Å²) in [5.74, 6) is 1.12. The number of aryl methyl sites for hydroxylation is 1. The third kappa shape index (κ3) is 4.15. The molecule has 0 bridgehead atoms. The number of nitrogens with zero attached hydrogens (tertiary/aromatic N) is 5. The number of halogens is 1. The van der Waals surface area contributed by atoms with Gasteiger partial charge in [-0.15, -0.1) is 15.0 Å². The lowest BCUT2D eigenvalue weighted by Crippen LogP contribution is -2.14. The Morgan fingerprint density at radius 1 is 0.946 bits per heavy atom. The molecule has 0 saturated heterocycles. The van der Waals surface area contributed by atoms with E-state index >= 15 is 0 Å². The summed E-state index contributed by atoms with van der Waals surface area (Å²) in [5.41, 5.74) is 8.93. The largest absolute Gasteiger partial charge is 0.264 e. The molecule has 5 nitrogen and oxygen atoms in total. The van der Waals surface area contributed by atoms with Crippen molar-refractivity contribution in [3.8, 4) is 16.8 Å². The van der Waals surface area contributed by atoms with Crippen LogP contribution in [0.1, 0.15) is 29.8 Å². The van der Waals surface area contributed by atoms with E-state index in [0.29, 0.717) is 10.9 Å². The number of rotatable bonds is 4. The molecule has 0 fully saturated rings. The highest BCUT2D eigenvalue weighted by atomic mass is 35.5. The molecule has 7 rings (SSSR count). The SMILES string of the molecule is Clc1cccc(-n2nnc(CC3C=CC4=C(CCc5c4ccc4ccc(-c6cccnc6)cc54)C3)n2)c1. The van der Waals surface area contributed by atoms with Crippen LogP contribution in [0.4, 0.5) is 0 Å². The maximum atomic E-state index is 6.12. The molecule has 1 atom stereocenters. The van der Waals surface area contributed by atoms with E-state index in [1.54, 1.807) is 4.80 Å². The topological polar surface area (TPSA) is 56.5 Å². The van der Waals surface area contributed by atoms with Crippen LogP contribution in [-0.2, 0) is 12.8 Å². The van der Waals surface area contributed by atoms with Crippen LogP contribution in [0.2, 0.25) is 5.02 Å². The lowest BCUT2D eigenvalue weighted by atomic mass is 9.76. The van der Waals surface area contributed by atoms with E-state index < -0.39 is 0 Å². The summed E-state index contributed by atoms with van der Waals surface area (Å²) in [7, 11) is 0. The highest BCUT2D eigenvalue weighted by molar-refractivity contribution is 6.30. The number of allylic oxidation sites excluding steroid dienone is 4. The molecule has 2 aromatic heterocycles. The zero-order chi connectivity index (χ0) is 24.8. The fourth-order valence-corrected chi connectivity index (χ4v) is 5.85. The van der Waals surface area contributed by atoms with Gasteiger partial charge in [0.1, 0.15) is 0 Å². The predicted octanol–water partition coefficient (Wildman–Crippen LogP) is 7.05. The third-order valence-corrected chi connectivity index (χ3v) is 7.69. The number of pyridine rings is 1. The molecule has 0 N–H and O–H groups in total. The van der Waals surface area contributed by atoms with Gasteiger partial charge < -0.3 is 0 Å². The zero-order valence-electron chi connectivity index (χ0n) is 20.2. The second-order valence-electron chi connectivity index (χ2n) is 9.79. The zero-order valence-corrected chi connectivity index (χ0v) is 20.9. The number of hydrogen-bond donors (Lipinski definition) is 0. The van der Waals surface area contributed by atoms with E-state index in [1.807, 2.05) is 42.7 Å². The Bertz CT molecular complexity index is 1700. The van der Waals surface area contributed by atoms with E-state index in [1.165, 1.54) is 38.6 Å². The Kier molecular flexibility index (Phi) is 5.44. The van der Waals surface area contributed by atoms with Crippen molar-refractivity contribution in [2.75, 3.05) is 0 Å². The molecule has 6 heteroatoms. The summed E-state index contributed by atoms with van der Waals surface area (Å²) in [6.07, 6.45) is 12.3. The Morgan fingerprint density at radius 2 is 1.89 bits per heavy atom. The second kappa shape index (κ2) is 9.09. The summed E-state index contributed by atoms with van der Waals surface area (Å²) in [6.45, 7) is 0. The minimum atomic E-state index is 0.370. The lowest BCUT2D eigenvalue weighted by molar-refractivity contribution is 0.594. The van der Waals surface area contributed by atoms with Gasteiger partial charge in [0.25, 0.3) is 0 Å². The monoisotopic (exact) mass is 501 g/mol. The minimum absolute atomic E-state index is 0.370. The predicted molar refractivity (Wildman–Crippen MR) is 148 cm³/mol. The molecule has 2 heterocycles. The number of fused-ring (bicyclic) bond motifs is 4. The van der Waals surface area contributed by atoms with Crippen molar-refractivity contribution in [1.29, 1.82) is 0 Å². The fraction of sp³-hybridized carbons (Fsp3) is 0.161. The van der Waals surface area contributed by atoms with Gasteiger partial charge in [0.15, 0.2) is 5.82 Å². The van der Waals surface area contributed by atoms with Gasteiger partial charge in [0.05, 0.1) is 5.69 Å². The van der Waals surface area contributed by atoms with Crippen LogP contribution in [0.15, 0.2) is 96.8 Å². The molecule has 2 aliphatic rings. The van der Waals surface area contributed by atoms with Crippen LogP contribution in [0.25, 0.3) is 33.2 Å². The Hall–Kier alpha value is -4.09. The molecule has 37 heavy (non-hydrogen) atoms. The Balaban J connectivity index is 1.15. The average Bonchev–Trinajstić information content (AvgIpc) is 3.41. The fourth-order valence-electron chi connectivity index (χ4n) is 5.66.